The summed E-state index contributed by atoms with van der Waals surface area (Å²) in [7, 11) is 0. The summed E-state index contributed by atoms with van der Waals surface area (Å²) in [5.74, 6) is 0.394. The molecular formula is C18H25NO4. The molecule has 2 heterocycles. The number of piperidine rings is 1. The average Bonchev–Trinajstić information content (AvgIpc) is 2.58. The van der Waals surface area contributed by atoms with Crippen molar-refractivity contribution in [1.29, 1.82) is 0 Å². The predicted octanol–water partition coefficient (Wildman–Crippen LogP) is 1.86. The molecule has 5 nitrogen and oxygen atoms in total. The Morgan fingerprint density at radius 2 is 1.96 bits per heavy atom. The molecule has 2 N–H and O–H groups in total. The van der Waals surface area contributed by atoms with E-state index in [1.54, 1.807) is 12.1 Å². The van der Waals surface area contributed by atoms with Crippen LogP contribution in [0.3, 0.4) is 0 Å². The maximum absolute atomic E-state index is 12.4. The van der Waals surface area contributed by atoms with Crippen molar-refractivity contribution in [3.8, 4) is 5.75 Å². The molecule has 1 amide bonds. The molecule has 2 fully saturated rings. The van der Waals surface area contributed by atoms with E-state index in [-0.39, 0.29) is 11.7 Å². The minimum absolute atomic E-state index is 0.151. The van der Waals surface area contributed by atoms with E-state index in [9.17, 15) is 15.0 Å². The maximum Gasteiger partial charge on any atom is 0.222 e. The van der Waals surface area contributed by atoms with Gasteiger partial charge in [-0.05, 0) is 49.8 Å². The normalized spacial score (nSPS) is 23.9. The van der Waals surface area contributed by atoms with Crippen LogP contribution in [0.1, 0.15) is 37.7 Å². The van der Waals surface area contributed by atoms with E-state index in [1.165, 1.54) is 0 Å². The van der Waals surface area contributed by atoms with Gasteiger partial charge in [0.2, 0.25) is 5.91 Å². The Hall–Kier alpha value is -1.59. The zero-order valence-corrected chi connectivity index (χ0v) is 13.4. The minimum Gasteiger partial charge on any atom is -0.508 e. The van der Waals surface area contributed by atoms with Gasteiger partial charge in [-0.2, -0.15) is 0 Å². The molecule has 5 heteroatoms. The van der Waals surface area contributed by atoms with Gasteiger partial charge >= 0.3 is 0 Å². The highest BCUT2D eigenvalue weighted by Gasteiger charge is 2.44. The SMILES string of the molecule is O=C(CCc1ccc(O)cc1)N1CCC2(CC1)OCCCC2O. The van der Waals surface area contributed by atoms with Crippen LogP contribution >= 0.6 is 0 Å². The molecule has 2 aliphatic heterocycles. The van der Waals surface area contributed by atoms with E-state index in [2.05, 4.69) is 0 Å². The first-order chi connectivity index (χ1) is 11.1. The van der Waals surface area contributed by atoms with Gasteiger partial charge in [-0.15, -0.1) is 0 Å². The van der Waals surface area contributed by atoms with Crippen molar-refractivity contribution in [2.45, 2.75) is 50.2 Å². The van der Waals surface area contributed by atoms with Crippen molar-refractivity contribution in [3.05, 3.63) is 29.8 Å². The Balaban J connectivity index is 1.49. The monoisotopic (exact) mass is 319 g/mol. The third-order valence-corrected chi connectivity index (χ3v) is 5.15. The predicted molar refractivity (Wildman–Crippen MR) is 86.2 cm³/mol. The van der Waals surface area contributed by atoms with Gasteiger partial charge in [0.15, 0.2) is 0 Å². The summed E-state index contributed by atoms with van der Waals surface area (Å²) >= 11 is 0. The fourth-order valence-corrected chi connectivity index (χ4v) is 3.60. The molecule has 0 bridgehead atoms. The third kappa shape index (κ3) is 3.67. The van der Waals surface area contributed by atoms with Crippen LogP contribution < -0.4 is 0 Å². The molecule has 1 unspecified atom stereocenters. The van der Waals surface area contributed by atoms with Crippen LogP contribution in [0.4, 0.5) is 0 Å². The van der Waals surface area contributed by atoms with Crippen molar-refractivity contribution >= 4 is 5.91 Å². The van der Waals surface area contributed by atoms with Gasteiger partial charge < -0.3 is 19.8 Å². The first kappa shape index (κ1) is 16.3. The second-order valence-electron chi connectivity index (χ2n) is 6.62. The van der Waals surface area contributed by atoms with E-state index >= 15 is 0 Å². The number of ether oxygens (including phenoxy) is 1. The zero-order chi connectivity index (χ0) is 16.3. The lowest BCUT2D eigenvalue weighted by Crippen LogP contribution is -2.56. The van der Waals surface area contributed by atoms with Crippen molar-refractivity contribution in [3.63, 3.8) is 0 Å². The molecule has 0 aromatic heterocycles. The molecule has 1 aromatic carbocycles. The number of carbonyl (C=O) groups excluding carboxylic acids is 1. The van der Waals surface area contributed by atoms with E-state index < -0.39 is 11.7 Å². The van der Waals surface area contributed by atoms with E-state index in [0.717, 1.165) is 31.2 Å². The summed E-state index contributed by atoms with van der Waals surface area (Å²) in [4.78, 5) is 14.2. The van der Waals surface area contributed by atoms with Gasteiger partial charge in [0.1, 0.15) is 5.75 Å². The molecule has 126 valence electrons. The summed E-state index contributed by atoms with van der Waals surface area (Å²) in [6, 6.07) is 6.98. The smallest absolute Gasteiger partial charge is 0.222 e. The van der Waals surface area contributed by atoms with Gasteiger partial charge in [-0.1, -0.05) is 12.1 Å². The van der Waals surface area contributed by atoms with Gasteiger partial charge in [0.25, 0.3) is 0 Å². The number of nitrogens with zero attached hydrogens (tertiary/aromatic N) is 1. The number of hydrogen-bond donors (Lipinski definition) is 2. The van der Waals surface area contributed by atoms with Crippen LogP contribution in [-0.4, -0.2) is 52.4 Å². The number of phenols is 1. The average molecular weight is 319 g/mol. The quantitative estimate of drug-likeness (QED) is 0.892. The molecule has 2 saturated heterocycles. The van der Waals surface area contributed by atoms with Crippen LogP contribution in [0, 0.1) is 0 Å². The topological polar surface area (TPSA) is 70.0 Å². The number of phenolic OH excluding ortho intramolecular Hbond substituents is 1. The van der Waals surface area contributed by atoms with Gasteiger partial charge in [0.05, 0.1) is 11.7 Å². The number of aliphatic hydroxyl groups excluding tert-OH is 1. The first-order valence-electron chi connectivity index (χ1n) is 8.47. The van der Waals surface area contributed by atoms with Crippen molar-refractivity contribution in [2.24, 2.45) is 0 Å². The number of amides is 1. The van der Waals surface area contributed by atoms with Crippen LogP contribution in [-0.2, 0) is 16.0 Å². The number of rotatable bonds is 3. The second kappa shape index (κ2) is 6.89. The van der Waals surface area contributed by atoms with Crippen LogP contribution in [0.5, 0.6) is 5.75 Å². The van der Waals surface area contributed by atoms with Crippen molar-refractivity contribution in [1.82, 2.24) is 4.90 Å². The van der Waals surface area contributed by atoms with Gasteiger partial charge in [-0.25, -0.2) is 0 Å². The number of benzene rings is 1. The molecule has 1 atom stereocenters. The Kier molecular flexibility index (Phi) is 4.87. The summed E-state index contributed by atoms with van der Waals surface area (Å²) in [6.45, 7) is 2.03. The Morgan fingerprint density at radius 3 is 2.61 bits per heavy atom. The van der Waals surface area contributed by atoms with E-state index in [4.69, 9.17) is 4.74 Å². The summed E-state index contributed by atoms with van der Waals surface area (Å²) in [5.41, 5.74) is 0.627. The van der Waals surface area contributed by atoms with Crippen molar-refractivity contribution < 1.29 is 19.7 Å². The molecule has 0 saturated carbocycles. The molecule has 1 aromatic rings. The molecule has 2 aliphatic rings. The van der Waals surface area contributed by atoms with Gasteiger partial charge in [-0.3, -0.25) is 4.79 Å². The second-order valence-corrected chi connectivity index (χ2v) is 6.62. The lowest BCUT2D eigenvalue weighted by atomic mass is 9.82. The Morgan fingerprint density at radius 1 is 1.26 bits per heavy atom. The molecule has 23 heavy (non-hydrogen) atoms. The highest BCUT2D eigenvalue weighted by Crippen LogP contribution is 2.35. The minimum atomic E-state index is -0.425. The van der Waals surface area contributed by atoms with Crippen molar-refractivity contribution in [2.75, 3.05) is 19.7 Å². The third-order valence-electron chi connectivity index (χ3n) is 5.15. The summed E-state index contributed by atoms with van der Waals surface area (Å²) in [6.07, 6.45) is 3.91. The number of hydrogen-bond acceptors (Lipinski definition) is 4. The number of carbonyl (C=O) groups is 1. The highest BCUT2D eigenvalue weighted by atomic mass is 16.5. The largest absolute Gasteiger partial charge is 0.508 e. The number of likely N-dealkylation sites (tertiary alicyclic amines) is 1. The number of aromatic hydroxyl groups is 1. The molecular weight excluding hydrogens is 294 g/mol. The van der Waals surface area contributed by atoms with Crippen LogP contribution in [0.15, 0.2) is 24.3 Å². The maximum atomic E-state index is 12.4. The van der Waals surface area contributed by atoms with Crippen LogP contribution in [0.25, 0.3) is 0 Å². The number of aryl methyl sites for hydroxylation is 1. The fraction of sp³-hybridized carbons (Fsp3) is 0.611. The number of aliphatic hydroxyl groups is 1. The van der Waals surface area contributed by atoms with E-state index in [1.807, 2.05) is 17.0 Å². The lowest BCUT2D eigenvalue weighted by molar-refractivity contribution is -0.179. The van der Waals surface area contributed by atoms with E-state index in [0.29, 0.717) is 32.5 Å². The summed E-state index contributed by atoms with van der Waals surface area (Å²) in [5, 5.41) is 19.5. The first-order valence-corrected chi connectivity index (χ1v) is 8.47. The molecule has 1 spiro atoms. The Bertz CT molecular complexity index is 534. The zero-order valence-electron chi connectivity index (χ0n) is 13.4. The lowest BCUT2D eigenvalue weighted by Gasteiger charge is -2.46. The Labute approximate surface area is 136 Å². The molecule has 0 aliphatic carbocycles. The standard InChI is InChI=1S/C18H25NO4/c20-15-6-3-14(4-7-15)5-8-17(22)19-11-9-18(10-12-19)16(21)2-1-13-23-18/h3-4,6-7,16,20-21H,1-2,5,8-13H2. The molecule has 0 radical (unpaired) electrons. The fourth-order valence-electron chi connectivity index (χ4n) is 3.60. The molecule has 3 rings (SSSR count). The van der Waals surface area contributed by atoms with Gasteiger partial charge in [0, 0.05) is 26.1 Å². The van der Waals surface area contributed by atoms with Crippen LogP contribution in [0.2, 0.25) is 0 Å². The highest BCUT2D eigenvalue weighted by molar-refractivity contribution is 5.76. The summed E-state index contributed by atoms with van der Waals surface area (Å²) < 4.78 is 5.88.